The number of carbonyl (C=O) groups is 1. The Balaban J connectivity index is 1.53. The Morgan fingerprint density at radius 3 is 2.56 bits per heavy atom. The highest BCUT2D eigenvalue weighted by Crippen LogP contribution is 2.32. The van der Waals surface area contributed by atoms with Gasteiger partial charge in [0.2, 0.25) is 0 Å². The SMILES string of the molecule is O=C(Nc1ccc(F)c(F)c1F)c1ccc(N2CCc3ccccc32)nn1. The van der Waals surface area contributed by atoms with E-state index in [1.165, 1.54) is 11.6 Å². The molecule has 0 radical (unpaired) electrons. The van der Waals surface area contributed by atoms with Crippen LogP contribution in [0.4, 0.5) is 30.4 Å². The number of para-hydroxylation sites is 1. The van der Waals surface area contributed by atoms with Crippen molar-refractivity contribution in [2.24, 2.45) is 0 Å². The minimum atomic E-state index is -1.65. The summed E-state index contributed by atoms with van der Waals surface area (Å²) in [5.74, 6) is -4.65. The van der Waals surface area contributed by atoms with E-state index < -0.39 is 29.0 Å². The molecule has 1 amide bonds. The molecule has 0 spiro atoms. The summed E-state index contributed by atoms with van der Waals surface area (Å²) in [4.78, 5) is 14.2. The highest BCUT2D eigenvalue weighted by atomic mass is 19.2. The van der Waals surface area contributed by atoms with E-state index in [1.54, 1.807) is 6.07 Å². The number of benzene rings is 2. The van der Waals surface area contributed by atoms with Gasteiger partial charge >= 0.3 is 0 Å². The number of hydrogen-bond acceptors (Lipinski definition) is 4. The predicted molar refractivity (Wildman–Crippen MR) is 93.5 cm³/mol. The Morgan fingerprint density at radius 1 is 0.963 bits per heavy atom. The fourth-order valence-electron chi connectivity index (χ4n) is 2.98. The van der Waals surface area contributed by atoms with Crippen molar-refractivity contribution in [3.63, 3.8) is 0 Å². The molecule has 2 heterocycles. The summed E-state index contributed by atoms with van der Waals surface area (Å²) in [5, 5.41) is 10.1. The van der Waals surface area contributed by atoms with E-state index in [4.69, 9.17) is 0 Å². The van der Waals surface area contributed by atoms with E-state index in [9.17, 15) is 18.0 Å². The van der Waals surface area contributed by atoms with Gasteiger partial charge in [-0.15, -0.1) is 10.2 Å². The molecule has 4 rings (SSSR count). The average molecular weight is 370 g/mol. The first-order chi connectivity index (χ1) is 13.0. The average Bonchev–Trinajstić information content (AvgIpc) is 3.12. The molecule has 1 N–H and O–H groups in total. The monoisotopic (exact) mass is 370 g/mol. The summed E-state index contributed by atoms with van der Waals surface area (Å²) < 4.78 is 39.9. The lowest BCUT2D eigenvalue weighted by Gasteiger charge is -2.17. The zero-order valence-electron chi connectivity index (χ0n) is 13.9. The molecule has 3 aromatic rings. The van der Waals surface area contributed by atoms with Gasteiger partial charge in [-0.05, 0) is 42.3 Å². The normalized spacial score (nSPS) is 12.8. The lowest BCUT2D eigenvalue weighted by atomic mass is 10.2. The van der Waals surface area contributed by atoms with Crippen molar-refractivity contribution in [3.05, 3.63) is 77.2 Å². The van der Waals surface area contributed by atoms with E-state index in [0.29, 0.717) is 5.82 Å². The first-order valence-electron chi connectivity index (χ1n) is 8.18. The number of nitrogens with zero attached hydrogens (tertiary/aromatic N) is 3. The van der Waals surface area contributed by atoms with E-state index in [-0.39, 0.29) is 5.69 Å². The number of hydrogen-bond donors (Lipinski definition) is 1. The van der Waals surface area contributed by atoms with Crippen LogP contribution in [0.2, 0.25) is 0 Å². The molecule has 8 heteroatoms. The molecule has 5 nitrogen and oxygen atoms in total. The minimum Gasteiger partial charge on any atom is -0.324 e. The summed E-state index contributed by atoms with van der Waals surface area (Å²) in [6.07, 6.45) is 0.884. The van der Waals surface area contributed by atoms with Crippen LogP contribution in [0, 0.1) is 17.5 Å². The first kappa shape index (κ1) is 17.0. The van der Waals surface area contributed by atoms with Crippen LogP contribution in [0.3, 0.4) is 0 Å². The molecule has 0 bridgehead atoms. The van der Waals surface area contributed by atoms with Crippen LogP contribution in [-0.2, 0) is 6.42 Å². The Kier molecular flexibility index (Phi) is 4.23. The number of nitrogens with one attached hydrogen (secondary N) is 1. The lowest BCUT2D eigenvalue weighted by Crippen LogP contribution is -2.19. The Hall–Kier alpha value is -3.42. The number of carbonyl (C=O) groups excluding carboxylic acids is 1. The highest BCUT2D eigenvalue weighted by Gasteiger charge is 2.22. The second-order valence-electron chi connectivity index (χ2n) is 5.98. The van der Waals surface area contributed by atoms with Crippen LogP contribution < -0.4 is 10.2 Å². The van der Waals surface area contributed by atoms with Gasteiger partial charge in [0.05, 0.1) is 5.69 Å². The zero-order valence-corrected chi connectivity index (χ0v) is 13.9. The van der Waals surface area contributed by atoms with Gasteiger partial charge in [0, 0.05) is 12.2 Å². The number of aromatic nitrogens is 2. The quantitative estimate of drug-likeness (QED) is 0.712. The molecule has 136 valence electrons. The fourth-order valence-corrected chi connectivity index (χ4v) is 2.98. The topological polar surface area (TPSA) is 58.1 Å². The second kappa shape index (κ2) is 6.71. The van der Waals surface area contributed by atoms with Gasteiger partial charge in [-0.1, -0.05) is 18.2 Å². The fraction of sp³-hybridized carbons (Fsp3) is 0.105. The molecule has 0 saturated carbocycles. The Bertz CT molecular complexity index is 1020. The van der Waals surface area contributed by atoms with Gasteiger partial charge in [-0.2, -0.15) is 0 Å². The molecular weight excluding hydrogens is 357 g/mol. The van der Waals surface area contributed by atoms with Crippen molar-refractivity contribution in [2.75, 3.05) is 16.8 Å². The summed E-state index contributed by atoms with van der Waals surface area (Å²) in [7, 11) is 0. The van der Waals surface area contributed by atoms with Crippen molar-refractivity contribution >= 4 is 23.1 Å². The molecule has 27 heavy (non-hydrogen) atoms. The van der Waals surface area contributed by atoms with Gasteiger partial charge in [0.1, 0.15) is 0 Å². The number of amides is 1. The van der Waals surface area contributed by atoms with Gasteiger partial charge < -0.3 is 10.2 Å². The van der Waals surface area contributed by atoms with Crippen LogP contribution >= 0.6 is 0 Å². The van der Waals surface area contributed by atoms with Crippen molar-refractivity contribution in [1.82, 2.24) is 10.2 Å². The van der Waals surface area contributed by atoms with Crippen molar-refractivity contribution in [2.45, 2.75) is 6.42 Å². The molecule has 0 unspecified atom stereocenters. The van der Waals surface area contributed by atoms with Gasteiger partial charge in [-0.25, -0.2) is 13.2 Å². The van der Waals surface area contributed by atoms with Crippen LogP contribution in [0.25, 0.3) is 0 Å². The molecule has 0 aliphatic carbocycles. The maximum Gasteiger partial charge on any atom is 0.276 e. The Labute approximate surface area is 152 Å². The molecule has 0 fully saturated rings. The first-order valence-corrected chi connectivity index (χ1v) is 8.18. The smallest absolute Gasteiger partial charge is 0.276 e. The van der Waals surface area contributed by atoms with E-state index in [1.807, 2.05) is 29.2 Å². The number of halogens is 3. The largest absolute Gasteiger partial charge is 0.324 e. The minimum absolute atomic E-state index is 0.0737. The zero-order chi connectivity index (χ0) is 19.0. The van der Waals surface area contributed by atoms with Crippen LogP contribution in [0.1, 0.15) is 16.1 Å². The van der Waals surface area contributed by atoms with Crippen LogP contribution in [0.15, 0.2) is 48.5 Å². The summed E-state index contributed by atoms with van der Waals surface area (Å²) in [5.41, 5.74) is 1.69. The van der Waals surface area contributed by atoms with Gasteiger partial charge in [0.15, 0.2) is 29.0 Å². The molecular formula is C19H13F3N4O. The van der Waals surface area contributed by atoms with Crippen molar-refractivity contribution in [3.8, 4) is 0 Å². The summed E-state index contributed by atoms with van der Waals surface area (Å²) in [6, 6.07) is 12.7. The van der Waals surface area contributed by atoms with Crippen molar-refractivity contribution < 1.29 is 18.0 Å². The molecule has 1 aliphatic rings. The van der Waals surface area contributed by atoms with Crippen LogP contribution in [0.5, 0.6) is 0 Å². The van der Waals surface area contributed by atoms with Crippen molar-refractivity contribution in [1.29, 1.82) is 0 Å². The van der Waals surface area contributed by atoms with E-state index in [2.05, 4.69) is 15.5 Å². The highest BCUT2D eigenvalue weighted by molar-refractivity contribution is 6.02. The Morgan fingerprint density at radius 2 is 1.78 bits per heavy atom. The number of anilines is 3. The maximum atomic E-state index is 13.7. The van der Waals surface area contributed by atoms with E-state index in [0.717, 1.165) is 30.8 Å². The number of rotatable bonds is 3. The summed E-state index contributed by atoms with van der Waals surface area (Å²) >= 11 is 0. The molecule has 0 atom stereocenters. The molecule has 0 saturated heterocycles. The predicted octanol–water partition coefficient (Wildman–Crippen LogP) is 3.84. The third-order valence-electron chi connectivity index (χ3n) is 4.33. The second-order valence-corrected chi connectivity index (χ2v) is 5.98. The molecule has 2 aromatic carbocycles. The summed E-state index contributed by atoms with van der Waals surface area (Å²) in [6.45, 7) is 0.750. The molecule has 1 aliphatic heterocycles. The maximum absolute atomic E-state index is 13.7. The third-order valence-corrected chi connectivity index (χ3v) is 4.33. The third kappa shape index (κ3) is 3.10. The van der Waals surface area contributed by atoms with Gasteiger partial charge in [0.25, 0.3) is 5.91 Å². The van der Waals surface area contributed by atoms with E-state index >= 15 is 0 Å². The van der Waals surface area contributed by atoms with Gasteiger partial charge in [-0.3, -0.25) is 4.79 Å². The lowest BCUT2D eigenvalue weighted by molar-refractivity contribution is 0.102. The molecule has 1 aromatic heterocycles. The number of fused-ring (bicyclic) bond motifs is 1. The standard InChI is InChI=1S/C19H13F3N4O/c20-12-5-6-13(18(22)17(12)21)23-19(27)14-7-8-16(25-24-14)26-10-9-11-3-1-2-4-15(11)26/h1-8H,9-10H2,(H,23,27). The van der Waals surface area contributed by atoms with Crippen LogP contribution in [-0.4, -0.2) is 22.6 Å².